The molecule has 9 nitrogen and oxygen atoms in total. The van der Waals surface area contributed by atoms with Crippen LogP contribution in [0.2, 0.25) is 5.02 Å². The van der Waals surface area contributed by atoms with Crippen LogP contribution in [0.25, 0.3) is 11.0 Å². The summed E-state index contributed by atoms with van der Waals surface area (Å²) < 4.78 is 14.7. The number of ether oxygens (including phenoxy) is 2. The maximum atomic E-state index is 12.0. The zero-order chi connectivity index (χ0) is 29.4. The lowest BCUT2D eigenvalue weighted by molar-refractivity contribution is -0.0722. The Morgan fingerprint density at radius 3 is 2.69 bits per heavy atom. The number of carbonyl (C=O) groups excluding carboxylic acids is 1. The van der Waals surface area contributed by atoms with Crippen LogP contribution in [0.4, 0.5) is 0 Å². The number of pyridine rings is 1. The second-order valence-electron chi connectivity index (χ2n) is 11.3. The molecule has 4 heterocycles. The second kappa shape index (κ2) is 11.6. The highest BCUT2D eigenvalue weighted by molar-refractivity contribution is 6.30. The molecule has 0 saturated carbocycles. The van der Waals surface area contributed by atoms with E-state index >= 15 is 0 Å². The van der Waals surface area contributed by atoms with E-state index in [9.17, 15) is 15.0 Å². The van der Waals surface area contributed by atoms with E-state index in [0.717, 1.165) is 54.1 Å². The Kier molecular flexibility index (Phi) is 7.93. The summed E-state index contributed by atoms with van der Waals surface area (Å²) in [6.07, 6.45) is 3.04. The highest BCUT2D eigenvalue weighted by Gasteiger charge is 2.42. The number of nitrogens with zero attached hydrogens (tertiary/aromatic N) is 4. The lowest BCUT2D eigenvalue weighted by atomic mass is 9.88. The molecule has 2 aliphatic heterocycles. The van der Waals surface area contributed by atoms with Gasteiger partial charge in [0.1, 0.15) is 11.5 Å². The monoisotopic (exact) mass is 590 g/mol. The van der Waals surface area contributed by atoms with Crippen LogP contribution in [0.1, 0.15) is 66.5 Å². The number of fused-ring (bicyclic) bond motifs is 2. The minimum absolute atomic E-state index is 0.0179. The van der Waals surface area contributed by atoms with Gasteiger partial charge in [-0.05, 0) is 81.6 Å². The Balaban J connectivity index is 1.18. The Bertz CT molecular complexity index is 1600. The van der Waals surface area contributed by atoms with Gasteiger partial charge in [0.2, 0.25) is 0 Å². The van der Waals surface area contributed by atoms with Crippen molar-refractivity contribution in [1.29, 1.82) is 0 Å². The number of aromatic nitrogens is 3. The van der Waals surface area contributed by atoms with E-state index in [0.29, 0.717) is 41.0 Å². The number of carbonyl (C=O) groups is 1. The Hall–Kier alpha value is -3.50. The first kappa shape index (κ1) is 28.6. The second-order valence-corrected chi connectivity index (χ2v) is 11.7. The molecule has 2 aromatic heterocycles. The highest BCUT2D eigenvalue weighted by Crippen LogP contribution is 2.49. The van der Waals surface area contributed by atoms with Crippen molar-refractivity contribution in [2.24, 2.45) is 0 Å². The third-order valence-corrected chi connectivity index (χ3v) is 8.51. The van der Waals surface area contributed by atoms with E-state index in [4.69, 9.17) is 26.1 Å². The van der Waals surface area contributed by atoms with Crippen LogP contribution in [0, 0.1) is 0 Å². The third kappa shape index (κ3) is 5.62. The molecule has 4 aromatic rings. The minimum atomic E-state index is -1.02. The number of para-hydroxylation sites is 1. The van der Waals surface area contributed by atoms with Gasteiger partial charge in [-0.15, -0.1) is 0 Å². The van der Waals surface area contributed by atoms with Gasteiger partial charge in [0, 0.05) is 30.9 Å². The normalized spacial score (nSPS) is 19.8. The number of benzene rings is 2. The van der Waals surface area contributed by atoms with E-state index in [1.54, 1.807) is 25.3 Å². The largest absolute Gasteiger partial charge is 0.443 e. The van der Waals surface area contributed by atoms with Gasteiger partial charge in [-0.3, -0.25) is 14.7 Å². The summed E-state index contributed by atoms with van der Waals surface area (Å²) >= 11 is 6.04. The summed E-state index contributed by atoms with van der Waals surface area (Å²) in [5, 5.41) is 20.4. The molecule has 0 spiro atoms. The lowest BCUT2D eigenvalue weighted by Crippen LogP contribution is -2.34. The SMILES string of the molecule is CC(=O)c1ccc2nc(CN3CCC(c4cccc5c4O[C@@](C)(c4ccc(Cl)cn4)O5)CC3)n(C[C@@H](O)CCO)c2c1. The maximum Gasteiger partial charge on any atom is 0.292 e. The minimum Gasteiger partial charge on any atom is -0.443 e. The van der Waals surface area contributed by atoms with Crippen molar-refractivity contribution in [3.05, 3.63) is 82.4 Å². The fourth-order valence-electron chi connectivity index (χ4n) is 5.99. The number of imidazole rings is 1. The standard InChI is InChI=1S/C32H35ClN4O5/c1-20(39)22-6-8-26-27(16-22)37(18-24(40)12-15-38)30(35-26)19-36-13-10-21(11-14-36)25-4-3-5-28-31(25)42-32(2,41-28)29-9-7-23(33)17-34-29/h3-9,16-17,21,24,38,40H,10-15,18-19H2,1-2H3/t24-,32-/m0/s1. The molecule has 0 unspecified atom stereocenters. The molecule has 1 saturated heterocycles. The lowest BCUT2D eigenvalue weighted by Gasteiger charge is -2.32. The van der Waals surface area contributed by atoms with Crippen LogP contribution in [0.15, 0.2) is 54.7 Å². The topological polar surface area (TPSA) is 110 Å². The summed E-state index contributed by atoms with van der Waals surface area (Å²) in [5.41, 5.74) is 4.01. The number of aliphatic hydroxyl groups is 2. The van der Waals surface area contributed by atoms with Crippen LogP contribution in [-0.2, 0) is 18.9 Å². The molecule has 0 amide bonds. The Labute approximate surface area is 249 Å². The Morgan fingerprint density at radius 2 is 1.98 bits per heavy atom. The molecule has 2 atom stereocenters. The first-order valence-corrected chi connectivity index (χ1v) is 14.8. The van der Waals surface area contributed by atoms with E-state index < -0.39 is 11.9 Å². The number of hydrogen-bond donors (Lipinski definition) is 2. The molecule has 2 aromatic carbocycles. The summed E-state index contributed by atoms with van der Waals surface area (Å²) in [7, 11) is 0. The molecule has 0 aliphatic carbocycles. The molecule has 1 fully saturated rings. The predicted molar refractivity (Wildman–Crippen MR) is 159 cm³/mol. The number of halogens is 1. The zero-order valence-corrected chi connectivity index (χ0v) is 24.5. The van der Waals surface area contributed by atoms with E-state index in [-0.39, 0.29) is 18.8 Å². The number of Topliss-reactive ketones (excluding diaryl/α,β-unsaturated/α-hetero) is 1. The van der Waals surface area contributed by atoms with Crippen molar-refractivity contribution in [3.63, 3.8) is 0 Å². The number of hydrogen-bond acceptors (Lipinski definition) is 8. The summed E-state index contributed by atoms with van der Waals surface area (Å²) in [6.45, 7) is 5.98. The summed E-state index contributed by atoms with van der Waals surface area (Å²) in [4.78, 5) is 23.7. The average Bonchev–Trinajstić information content (AvgIpc) is 3.50. The molecular weight excluding hydrogens is 556 g/mol. The summed E-state index contributed by atoms with van der Waals surface area (Å²) in [6, 6.07) is 15.2. The molecular formula is C32H35ClN4O5. The molecule has 10 heteroatoms. The molecule has 2 N–H and O–H groups in total. The van der Waals surface area contributed by atoms with Gasteiger partial charge >= 0.3 is 0 Å². The smallest absolute Gasteiger partial charge is 0.292 e. The predicted octanol–water partition coefficient (Wildman–Crippen LogP) is 5.05. The third-order valence-electron chi connectivity index (χ3n) is 8.29. The molecule has 2 aliphatic rings. The molecule has 0 bridgehead atoms. The fraction of sp³-hybridized carbons (Fsp3) is 0.406. The average molecular weight is 591 g/mol. The zero-order valence-electron chi connectivity index (χ0n) is 23.8. The summed E-state index contributed by atoms with van der Waals surface area (Å²) in [5.74, 6) is 1.60. The van der Waals surface area contributed by atoms with Gasteiger partial charge in [0.15, 0.2) is 17.3 Å². The van der Waals surface area contributed by atoms with Crippen molar-refractivity contribution in [1.82, 2.24) is 19.4 Å². The number of ketones is 1. The molecule has 42 heavy (non-hydrogen) atoms. The Morgan fingerprint density at radius 1 is 1.17 bits per heavy atom. The van der Waals surface area contributed by atoms with Gasteiger partial charge < -0.3 is 24.3 Å². The first-order chi connectivity index (χ1) is 20.2. The number of rotatable bonds is 9. The maximum absolute atomic E-state index is 12.0. The molecule has 0 radical (unpaired) electrons. The van der Waals surface area contributed by atoms with E-state index in [1.165, 1.54) is 0 Å². The molecule has 6 rings (SSSR count). The molecule has 220 valence electrons. The van der Waals surface area contributed by atoms with Crippen molar-refractivity contribution in [2.45, 2.75) is 64.0 Å². The number of likely N-dealkylation sites (tertiary alicyclic amines) is 1. The van der Waals surface area contributed by atoms with Crippen LogP contribution in [-0.4, -0.2) is 61.2 Å². The van der Waals surface area contributed by atoms with Crippen LogP contribution in [0.5, 0.6) is 11.5 Å². The van der Waals surface area contributed by atoms with Crippen LogP contribution >= 0.6 is 11.6 Å². The van der Waals surface area contributed by atoms with Crippen molar-refractivity contribution < 1.29 is 24.5 Å². The van der Waals surface area contributed by atoms with Crippen LogP contribution in [0.3, 0.4) is 0 Å². The van der Waals surface area contributed by atoms with Gasteiger partial charge in [0.25, 0.3) is 5.79 Å². The number of piperidine rings is 1. The van der Waals surface area contributed by atoms with Crippen molar-refractivity contribution in [3.8, 4) is 11.5 Å². The van der Waals surface area contributed by atoms with Crippen molar-refractivity contribution in [2.75, 3.05) is 19.7 Å². The van der Waals surface area contributed by atoms with Gasteiger partial charge in [-0.2, -0.15) is 0 Å². The van der Waals surface area contributed by atoms with E-state index in [1.807, 2.05) is 41.8 Å². The fourth-order valence-corrected chi connectivity index (χ4v) is 6.10. The van der Waals surface area contributed by atoms with Gasteiger partial charge in [-0.25, -0.2) is 4.98 Å². The first-order valence-electron chi connectivity index (χ1n) is 14.4. The highest BCUT2D eigenvalue weighted by atomic mass is 35.5. The van der Waals surface area contributed by atoms with E-state index in [2.05, 4.69) is 16.0 Å². The van der Waals surface area contributed by atoms with Gasteiger partial charge in [0.05, 0.1) is 35.2 Å². The number of aliphatic hydroxyl groups excluding tert-OH is 2. The van der Waals surface area contributed by atoms with Gasteiger partial charge in [-0.1, -0.05) is 23.7 Å². The van der Waals surface area contributed by atoms with Crippen LogP contribution < -0.4 is 9.47 Å². The quantitative estimate of drug-likeness (QED) is 0.261. The van der Waals surface area contributed by atoms with Crippen molar-refractivity contribution >= 4 is 28.4 Å².